The number of aromatic nitrogens is 1. The highest BCUT2D eigenvalue weighted by Crippen LogP contribution is 2.19. The van der Waals surface area contributed by atoms with Crippen molar-refractivity contribution in [2.45, 2.75) is 30.7 Å². The molecule has 3 rings (SSSR count). The van der Waals surface area contributed by atoms with Crippen molar-refractivity contribution >= 4 is 27.8 Å². The second-order valence-corrected chi connectivity index (χ2v) is 8.89. The molecule has 166 valence electrons. The topological polar surface area (TPSA) is 115 Å². The van der Waals surface area contributed by atoms with E-state index in [9.17, 15) is 18.0 Å². The first kappa shape index (κ1) is 22.7. The van der Waals surface area contributed by atoms with E-state index in [0.29, 0.717) is 5.56 Å². The molecule has 10 heteroatoms. The van der Waals surface area contributed by atoms with Gasteiger partial charge in [0, 0.05) is 25.8 Å². The van der Waals surface area contributed by atoms with Gasteiger partial charge in [-0.3, -0.25) is 0 Å². The van der Waals surface area contributed by atoms with Gasteiger partial charge in [0.25, 0.3) is 0 Å². The van der Waals surface area contributed by atoms with E-state index in [-0.39, 0.29) is 22.6 Å². The molecule has 31 heavy (non-hydrogen) atoms. The number of esters is 2. The van der Waals surface area contributed by atoms with Crippen LogP contribution in [0.15, 0.2) is 41.4 Å². The van der Waals surface area contributed by atoms with Crippen molar-refractivity contribution in [3.05, 3.63) is 53.2 Å². The minimum absolute atomic E-state index is 0.00558. The standard InChI is InChI=1S/C21H25N3O6S/c1-29-20(25)16-10-17(21(26)30-2)12-18(11-16)31(27,28)23-14-15-6-7-19(22-13-15)24-8-4-3-5-9-24/h6-7,10-13,23H,3-5,8-9,14H2,1-2H3. The molecule has 2 heterocycles. The summed E-state index contributed by atoms with van der Waals surface area (Å²) < 4.78 is 37.4. The number of piperidine rings is 1. The zero-order chi connectivity index (χ0) is 22.4. The first-order valence-corrected chi connectivity index (χ1v) is 11.3. The van der Waals surface area contributed by atoms with Crippen molar-refractivity contribution in [1.29, 1.82) is 0 Å². The maximum Gasteiger partial charge on any atom is 0.337 e. The molecule has 0 bridgehead atoms. The molecule has 9 nitrogen and oxygen atoms in total. The van der Waals surface area contributed by atoms with Crippen molar-refractivity contribution in [2.24, 2.45) is 0 Å². The van der Waals surface area contributed by atoms with E-state index >= 15 is 0 Å². The first-order chi connectivity index (χ1) is 14.8. The van der Waals surface area contributed by atoms with Crippen LogP contribution in [0.1, 0.15) is 45.5 Å². The average Bonchev–Trinajstić information content (AvgIpc) is 2.82. The Morgan fingerprint density at radius 3 is 2.13 bits per heavy atom. The molecule has 0 atom stereocenters. The van der Waals surface area contributed by atoms with Crippen molar-refractivity contribution in [3.8, 4) is 0 Å². The van der Waals surface area contributed by atoms with Gasteiger partial charge in [-0.05, 0) is 49.1 Å². The van der Waals surface area contributed by atoms with Crippen LogP contribution in [0.4, 0.5) is 5.82 Å². The van der Waals surface area contributed by atoms with Gasteiger partial charge in [0.2, 0.25) is 10.0 Å². The molecular weight excluding hydrogens is 422 g/mol. The number of pyridine rings is 1. The summed E-state index contributed by atoms with van der Waals surface area (Å²) in [7, 11) is -1.69. The van der Waals surface area contributed by atoms with Crippen LogP contribution in [-0.2, 0) is 26.0 Å². The maximum absolute atomic E-state index is 12.8. The van der Waals surface area contributed by atoms with Crippen LogP contribution in [-0.4, -0.2) is 52.6 Å². The number of carbonyl (C=O) groups excluding carboxylic acids is 2. The molecule has 0 aliphatic carbocycles. The number of nitrogens with one attached hydrogen (secondary N) is 1. The molecule has 0 saturated carbocycles. The number of carbonyl (C=O) groups is 2. The second-order valence-electron chi connectivity index (χ2n) is 7.13. The Bertz CT molecular complexity index is 1010. The first-order valence-electron chi connectivity index (χ1n) is 9.85. The number of hydrogen-bond donors (Lipinski definition) is 1. The Morgan fingerprint density at radius 1 is 1.00 bits per heavy atom. The van der Waals surface area contributed by atoms with Gasteiger partial charge in [-0.15, -0.1) is 0 Å². The summed E-state index contributed by atoms with van der Waals surface area (Å²) in [5.74, 6) is -0.654. The Morgan fingerprint density at radius 2 is 1.61 bits per heavy atom. The number of methoxy groups -OCH3 is 2. The predicted molar refractivity (Wildman–Crippen MR) is 113 cm³/mol. The van der Waals surface area contributed by atoms with E-state index in [1.807, 2.05) is 12.1 Å². The third-order valence-electron chi connectivity index (χ3n) is 5.01. The number of ether oxygens (including phenoxy) is 2. The summed E-state index contributed by atoms with van der Waals surface area (Å²) >= 11 is 0. The Hall–Kier alpha value is -2.98. The molecule has 0 amide bonds. The average molecular weight is 448 g/mol. The molecule has 1 aliphatic heterocycles. The van der Waals surface area contributed by atoms with E-state index in [1.165, 1.54) is 26.7 Å². The second kappa shape index (κ2) is 9.88. The van der Waals surface area contributed by atoms with Crippen LogP contribution in [0.3, 0.4) is 0 Å². The van der Waals surface area contributed by atoms with Crippen LogP contribution in [0.5, 0.6) is 0 Å². The van der Waals surface area contributed by atoms with Crippen molar-refractivity contribution in [2.75, 3.05) is 32.2 Å². The number of anilines is 1. The minimum Gasteiger partial charge on any atom is -0.465 e. The van der Waals surface area contributed by atoms with Gasteiger partial charge in [-0.1, -0.05) is 6.07 Å². The highest BCUT2D eigenvalue weighted by atomic mass is 32.2. The van der Waals surface area contributed by atoms with Gasteiger partial charge >= 0.3 is 11.9 Å². The number of hydrogen-bond acceptors (Lipinski definition) is 8. The number of rotatable bonds is 7. The molecule has 1 fully saturated rings. The summed E-state index contributed by atoms with van der Waals surface area (Å²) in [6, 6.07) is 7.23. The van der Waals surface area contributed by atoms with Gasteiger partial charge < -0.3 is 14.4 Å². The van der Waals surface area contributed by atoms with Crippen molar-refractivity contribution in [3.63, 3.8) is 0 Å². The van der Waals surface area contributed by atoms with Gasteiger partial charge in [-0.25, -0.2) is 27.7 Å². The van der Waals surface area contributed by atoms with E-state index in [1.54, 1.807) is 6.20 Å². The quantitative estimate of drug-likeness (QED) is 0.642. The number of sulfonamides is 1. The van der Waals surface area contributed by atoms with Crippen molar-refractivity contribution in [1.82, 2.24) is 9.71 Å². The molecule has 2 aromatic rings. The van der Waals surface area contributed by atoms with E-state index in [4.69, 9.17) is 0 Å². The molecule has 1 aliphatic rings. The summed E-state index contributed by atoms with van der Waals surface area (Å²) in [4.78, 5) is 30.2. The molecule has 1 N–H and O–H groups in total. The van der Waals surface area contributed by atoms with E-state index < -0.39 is 22.0 Å². The highest BCUT2D eigenvalue weighted by Gasteiger charge is 2.21. The van der Waals surface area contributed by atoms with Gasteiger partial charge in [0.05, 0.1) is 30.2 Å². The third-order valence-corrected chi connectivity index (χ3v) is 6.40. The lowest BCUT2D eigenvalue weighted by atomic mass is 10.1. The van der Waals surface area contributed by atoms with Gasteiger partial charge in [0.1, 0.15) is 5.82 Å². The molecular formula is C21H25N3O6S. The van der Waals surface area contributed by atoms with Crippen molar-refractivity contribution < 1.29 is 27.5 Å². The zero-order valence-electron chi connectivity index (χ0n) is 17.5. The molecule has 0 radical (unpaired) electrons. The molecule has 1 saturated heterocycles. The zero-order valence-corrected chi connectivity index (χ0v) is 18.3. The van der Waals surface area contributed by atoms with Gasteiger partial charge in [-0.2, -0.15) is 0 Å². The lowest BCUT2D eigenvalue weighted by molar-refractivity contribution is 0.0598. The van der Waals surface area contributed by atoms with E-state index in [0.717, 1.165) is 43.9 Å². The fraction of sp³-hybridized carbons (Fsp3) is 0.381. The maximum atomic E-state index is 12.8. The van der Waals surface area contributed by atoms with Crippen LogP contribution >= 0.6 is 0 Å². The summed E-state index contributed by atoms with van der Waals surface area (Å²) in [5, 5.41) is 0. The molecule has 1 aromatic heterocycles. The Kier molecular flexibility index (Phi) is 7.24. The van der Waals surface area contributed by atoms with Crippen LogP contribution in [0, 0.1) is 0 Å². The number of nitrogens with zero attached hydrogens (tertiary/aromatic N) is 2. The van der Waals surface area contributed by atoms with Crippen LogP contribution in [0.25, 0.3) is 0 Å². The number of benzene rings is 1. The largest absolute Gasteiger partial charge is 0.465 e. The normalized spacial score (nSPS) is 14.2. The lowest BCUT2D eigenvalue weighted by Crippen LogP contribution is -2.30. The predicted octanol–water partition coefficient (Wildman–Crippen LogP) is 2.12. The Balaban J connectivity index is 1.77. The van der Waals surface area contributed by atoms with E-state index in [2.05, 4.69) is 24.1 Å². The fourth-order valence-corrected chi connectivity index (χ4v) is 4.41. The Labute approximate surface area is 181 Å². The minimum atomic E-state index is -4.02. The molecule has 0 unspecified atom stereocenters. The smallest absolute Gasteiger partial charge is 0.337 e. The van der Waals surface area contributed by atoms with Crippen LogP contribution in [0.2, 0.25) is 0 Å². The van der Waals surface area contributed by atoms with Crippen LogP contribution < -0.4 is 9.62 Å². The summed E-state index contributed by atoms with van der Waals surface area (Å²) in [6.45, 7) is 1.95. The SMILES string of the molecule is COC(=O)c1cc(C(=O)OC)cc(S(=O)(=O)NCc2ccc(N3CCCCC3)nc2)c1. The lowest BCUT2D eigenvalue weighted by Gasteiger charge is -2.27. The molecule has 0 spiro atoms. The van der Waals surface area contributed by atoms with Gasteiger partial charge in [0.15, 0.2) is 0 Å². The monoisotopic (exact) mass is 447 g/mol. The summed E-state index contributed by atoms with van der Waals surface area (Å²) in [5.41, 5.74) is 0.540. The highest BCUT2D eigenvalue weighted by molar-refractivity contribution is 7.89. The fourth-order valence-electron chi connectivity index (χ4n) is 3.32. The molecule has 1 aromatic carbocycles. The third kappa shape index (κ3) is 5.59. The summed E-state index contributed by atoms with van der Waals surface area (Å²) in [6.07, 6.45) is 5.14.